The lowest BCUT2D eigenvalue weighted by Crippen LogP contribution is -2.24. The smallest absolute Gasteiger partial charge is 0.195 e. The number of aromatic nitrogens is 3. The zero-order valence-corrected chi connectivity index (χ0v) is 12.1. The van der Waals surface area contributed by atoms with Crippen molar-refractivity contribution >= 4 is 12.2 Å². The number of hydrogen-bond donors (Lipinski definition) is 1. The van der Waals surface area contributed by atoms with Gasteiger partial charge in [-0.25, -0.2) is 0 Å². The molecule has 4 heteroatoms. The van der Waals surface area contributed by atoms with E-state index < -0.39 is 0 Å². The van der Waals surface area contributed by atoms with Crippen molar-refractivity contribution in [1.29, 1.82) is 0 Å². The van der Waals surface area contributed by atoms with E-state index in [4.69, 9.17) is 12.2 Å². The Morgan fingerprint density at radius 3 is 2.39 bits per heavy atom. The minimum Gasteiger partial charge on any atom is -0.299 e. The number of nitrogens with zero attached hydrogens (tertiary/aromatic N) is 2. The Morgan fingerprint density at radius 1 is 1.22 bits per heavy atom. The van der Waals surface area contributed by atoms with E-state index in [2.05, 4.69) is 35.5 Å². The van der Waals surface area contributed by atoms with E-state index in [0.717, 1.165) is 28.4 Å². The Morgan fingerprint density at radius 2 is 1.83 bits per heavy atom. The van der Waals surface area contributed by atoms with Crippen LogP contribution in [0.15, 0.2) is 0 Å². The van der Waals surface area contributed by atoms with Crippen LogP contribution < -0.4 is 0 Å². The number of rotatable bonds is 1. The summed E-state index contributed by atoms with van der Waals surface area (Å²) >= 11 is 5.42. The third-order valence-corrected chi connectivity index (χ3v) is 5.68. The average Bonchev–Trinajstić information content (AvgIpc) is 2.66. The monoisotopic (exact) mass is 263 g/mol. The Hall–Kier alpha value is -0.640. The molecule has 3 fully saturated rings. The number of hydrogen-bond acceptors (Lipinski definition) is 2. The normalized spacial score (nSPS) is 41.2. The van der Waals surface area contributed by atoms with Gasteiger partial charge in [0.1, 0.15) is 5.82 Å². The quantitative estimate of drug-likeness (QED) is 0.787. The lowest BCUT2D eigenvalue weighted by Gasteiger charge is -2.23. The van der Waals surface area contributed by atoms with E-state index in [1.165, 1.54) is 25.1 Å². The van der Waals surface area contributed by atoms with E-state index in [1.807, 2.05) is 0 Å². The number of H-pyrrole nitrogens is 1. The first-order chi connectivity index (χ1) is 8.48. The SMILES string of the molecule is CC(C)(C)n1c(C2C3C4CCC(C4)C23)n[nH]c1=S. The molecule has 2 bridgehead atoms. The van der Waals surface area contributed by atoms with Crippen molar-refractivity contribution in [3.63, 3.8) is 0 Å². The molecule has 4 atom stereocenters. The second-order valence-corrected chi connectivity index (χ2v) is 7.79. The summed E-state index contributed by atoms with van der Waals surface area (Å²) in [5.74, 6) is 5.76. The molecular formula is C14H21N3S. The molecule has 3 saturated carbocycles. The Bertz CT molecular complexity index is 534. The number of aromatic amines is 1. The fourth-order valence-electron chi connectivity index (χ4n) is 4.85. The Balaban J connectivity index is 1.74. The first-order valence-corrected chi connectivity index (χ1v) is 7.57. The number of fused-ring (bicyclic) bond motifs is 5. The highest BCUT2D eigenvalue weighted by Gasteiger charge is 2.66. The fraction of sp³-hybridized carbons (Fsp3) is 0.857. The van der Waals surface area contributed by atoms with Gasteiger partial charge < -0.3 is 0 Å². The van der Waals surface area contributed by atoms with Gasteiger partial charge in [-0.1, -0.05) is 0 Å². The van der Waals surface area contributed by atoms with Gasteiger partial charge in [-0.15, -0.1) is 0 Å². The molecule has 3 nitrogen and oxygen atoms in total. The molecular weight excluding hydrogens is 242 g/mol. The van der Waals surface area contributed by atoms with Crippen molar-refractivity contribution in [3.05, 3.63) is 10.6 Å². The molecule has 4 rings (SSSR count). The summed E-state index contributed by atoms with van der Waals surface area (Å²) in [6.07, 6.45) is 4.42. The minimum atomic E-state index is 0.0371. The highest BCUT2D eigenvalue weighted by Crippen LogP contribution is 2.72. The molecule has 3 aliphatic rings. The van der Waals surface area contributed by atoms with E-state index in [-0.39, 0.29) is 5.54 Å². The maximum absolute atomic E-state index is 5.42. The predicted octanol–water partition coefficient (Wildman–Crippen LogP) is 3.46. The van der Waals surface area contributed by atoms with Crippen molar-refractivity contribution in [2.75, 3.05) is 0 Å². The Kier molecular flexibility index (Phi) is 2.04. The maximum Gasteiger partial charge on any atom is 0.195 e. The van der Waals surface area contributed by atoms with Gasteiger partial charge in [-0.05, 0) is 75.9 Å². The van der Waals surface area contributed by atoms with Crippen molar-refractivity contribution in [1.82, 2.24) is 14.8 Å². The van der Waals surface area contributed by atoms with Crippen LogP contribution >= 0.6 is 12.2 Å². The van der Waals surface area contributed by atoms with Gasteiger partial charge in [0.25, 0.3) is 0 Å². The van der Waals surface area contributed by atoms with Crippen molar-refractivity contribution in [2.45, 2.75) is 51.5 Å². The van der Waals surface area contributed by atoms with Crippen LogP contribution in [0.1, 0.15) is 51.8 Å². The van der Waals surface area contributed by atoms with Crippen molar-refractivity contribution in [2.24, 2.45) is 23.7 Å². The van der Waals surface area contributed by atoms with Gasteiger partial charge in [0.15, 0.2) is 4.77 Å². The Labute approximate surface area is 113 Å². The standard InChI is InChI=1S/C14H21N3S/c1-14(2,3)17-12(15-16-13(17)18)11-9-7-4-5-8(6-7)10(9)11/h7-11H,4-6H2,1-3H3,(H,16,18). The first kappa shape index (κ1) is 11.2. The predicted molar refractivity (Wildman–Crippen MR) is 73.0 cm³/mol. The molecule has 0 amide bonds. The van der Waals surface area contributed by atoms with E-state index >= 15 is 0 Å². The van der Waals surface area contributed by atoms with Crippen LogP contribution in [0.2, 0.25) is 0 Å². The summed E-state index contributed by atoms with van der Waals surface area (Å²) in [6.45, 7) is 6.65. The molecule has 3 aliphatic carbocycles. The minimum absolute atomic E-state index is 0.0371. The third kappa shape index (κ3) is 1.30. The average molecular weight is 263 g/mol. The maximum atomic E-state index is 5.42. The lowest BCUT2D eigenvalue weighted by molar-refractivity contribution is 0.368. The molecule has 1 N–H and O–H groups in total. The lowest BCUT2D eigenvalue weighted by atomic mass is 10.0. The largest absolute Gasteiger partial charge is 0.299 e. The van der Waals surface area contributed by atoms with Crippen LogP contribution in [0.5, 0.6) is 0 Å². The second kappa shape index (κ2) is 3.27. The van der Waals surface area contributed by atoms with Gasteiger partial charge >= 0.3 is 0 Å². The van der Waals surface area contributed by atoms with Gasteiger partial charge in [0, 0.05) is 11.5 Å². The molecule has 0 aliphatic heterocycles. The summed E-state index contributed by atoms with van der Waals surface area (Å²) in [4.78, 5) is 0. The summed E-state index contributed by atoms with van der Waals surface area (Å²) < 4.78 is 3.04. The van der Waals surface area contributed by atoms with Gasteiger partial charge in [-0.3, -0.25) is 9.67 Å². The van der Waals surface area contributed by atoms with Crippen LogP contribution in [0.25, 0.3) is 0 Å². The zero-order chi connectivity index (χ0) is 12.7. The second-order valence-electron chi connectivity index (χ2n) is 7.41. The topological polar surface area (TPSA) is 33.6 Å². The van der Waals surface area contributed by atoms with Crippen LogP contribution in [-0.2, 0) is 5.54 Å². The third-order valence-electron chi connectivity index (χ3n) is 5.40. The summed E-state index contributed by atoms with van der Waals surface area (Å²) in [7, 11) is 0. The highest BCUT2D eigenvalue weighted by molar-refractivity contribution is 7.71. The molecule has 1 aromatic heterocycles. The van der Waals surface area contributed by atoms with Gasteiger partial charge in [0.05, 0.1) is 0 Å². The molecule has 0 aromatic carbocycles. The summed E-state index contributed by atoms with van der Waals surface area (Å²) in [5.41, 5.74) is 0.0371. The molecule has 1 aromatic rings. The molecule has 0 saturated heterocycles. The molecule has 98 valence electrons. The molecule has 0 radical (unpaired) electrons. The summed E-state index contributed by atoms with van der Waals surface area (Å²) in [5, 5.41) is 7.59. The van der Waals surface area contributed by atoms with E-state index in [0.29, 0.717) is 5.92 Å². The zero-order valence-electron chi connectivity index (χ0n) is 11.3. The van der Waals surface area contributed by atoms with Crippen LogP contribution in [-0.4, -0.2) is 14.8 Å². The van der Waals surface area contributed by atoms with Crippen molar-refractivity contribution in [3.8, 4) is 0 Å². The highest BCUT2D eigenvalue weighted by atomic mass is 32.1. The molecule has 1 heterocycles. The van der Waals surface area contributed by atoms with E-state index in [9.17, 15) is 0 Å². The first-order valence-electron chi connectivity index (χ1n) is 7.16. The van der Waals surface area contributed by atoms with Gasteiger partial charge in [-0.2, -0.15) is 5.10 Å². The summed E-state index contributed by atoms with van der Waals surface area (Å²) in [6, 6.07) is 0. The van der Waals surface area contributed by atoms with Crippen LogP contribution in [0.4, 0.5) is 0 Å². The van der Waals surface area contributed by atoms with Crippen LogP contribution in [0.3, 0.4) is 0 Å². The molecule has 4 unspecified atom stereocenters. The fourth-order valence-corrected chi connectivity index (χ4v) is 5.26. The van der Waals surface area contributed by atoms with Gasteiger partial charge in [0.2, 0.25) is 0 Å². The molecule has 0 spiro atoms. The van der Waals surface area contributed by atoms with E-state index in [1.54, 1.807) is 0 Å². The molecule has 18 heavy (non-hydrogen) atoms. The number of nitrogens with one attached hydrogen (secondary N) is 1. The van der Waals surface area contributed by atoms with Crippen molar-refractivity contribution < 1.29 is 0 Å². The van der Waals surface area contributed by atoms with Crippen LogP contribution in [0, 0.1) is 28.4 Å².